The molecule has 8 heteroatoms. The highest BCUT2D eigenvalue weighted by atomic mass is 16.2. The van der Waals surface area contributed by atoms with Crippen LogP contribution in [0.1, 0.15) is 42.4 Å². The predicted octanol–water partition coefficient (Wildman–Crippen LogP) is 6.21. The van der Waals surface area contributed by atoms with E-state index in [1.165, 1.54) is 27.3 Å². The molecule has 0 radical (unpaired) electrons. The van der Waals surface area contributed by atoms with E-state index in [0.717, 1.165) is 76.0 Å². The van der Waals surface area contributed by atoms with Crippen LogP contribution in [0, 0.1) is 0 Å². The first-order valence-electron chi connectivity index (χ1n) is 17.4. The maximum Gasteiger partial charge on any atom is 0.327 e. The van der Waals surface area contributed by atoms with Crippen LogP contribution in [0.25, 0.3) is 11.0 Å². The minimum atomic E-state index is -0.615. The number of para-hydroxylation sites is 1. The van der Waals surface area contributed by atoms with Crippen LogP contribution in [0.2, 0.25) is 0 Å². The van der Waals surface area contributed by atoms with Crippen molar-refractivity contribution in [2.75, 3.05) is 50.7 Å². The average Bonchev–Trinajstić information content (AvgIpc) is 3.87. The lowest BCUT2D eigenvalue weighted by Crippen LogP contribution is -2.46. The van der Waals surface area contributed by atoms with Crippen LogP contribution < -0.4 is 4.90 Å². The molecule has 3 amide bonds. The SMILES string of the molecule is O=C1C2CCCN2C(=O)N1CCCCN1CCN(c2cccc3c2ncn3C(c2ccccc2)(c2ccccc2)c2ccccc2)CC1. The highest BCUT2D eigenvalue weighted by molar-refractivity contribution is 6.04. The molecule has 0 saturated carbocycles. The molecule has 3 aliphatic rings. The van der Waals surface area contributed by atoms with E-state index in [9.17, 15) is 9.59 Å². The smallest absolute Gasteiger partial charge is 0.327 e. The average molecular weight is 639 g/mol. The van der Waals surface area contributed by atoms with E-state index in [1.807, 2.05) is 6.33 Å². The van der Waals surface area contributed by atoms with Crippen molar-refractivity contribution < 1.29 is 9.59 Å². The van der Waals surface area contributed by atoms with Gasteiger partial charge in [-0.3, -0.25) is 14.6 Å². The van der Waals surface area contributed by atoms with Crippen molar-refractivity contribution in [3.63, 3.8) is 0 Å². The van der Waals surface area contributed by atoms with Gasteiger partial charge in [0.1, 0.15) is 17.1 Å². The van der Waals surface area contributed by atoms with Gasteiger partial charge in [-0.2, -0.15) is 0 Å². The Labute approximate surface area is 282 Å². The van der Waals surface area contributed by atoms with Crippen LogP contribution in [0.3, 0.4) is 0 Å². The summed E-state index contributed by atoms with van der Waals surface area (Å²) in [4.78, 5) is 38.7. The molecule has 244 valence electrons. The fourth-order valence-electron chi connectivity index (χ4n) is 8.21. The van der Waals surface area contributed by atoms with Crippen molar-refractivity contribution >= 4 is 28.7 Å². The first-order valence-corrected chi connectivity index (χ1v) is 17.4. The zero-order chi connectivity index (χ0) is 32.5. The molecule has 1 unspecified atom stereocenters. The third kappa shape index (κ3) is 5.15. The Bertz CT molecular complexity index is 1770. The third-order valence-corrected chi connectivity index (χ3v) is 10.6. The van der Waals surface area contributed by atoms with Gasteiger partial charge in [0.05, 0.1) is 17.5 Å². The number of anilines is 1. The highest BCUT2D eigenvalue weighted by Gasteiger charge is 2.47. The number of piperazine rings is 1. The van der Waals surface area contributed by atoms with E-state index in [2.05, 4.69) is 124 Å². The van der Waals surface area contributed by atoms with Crippen molar-refractivity contribution in [2.24, 2.45) is 0 Å². The summed E-state index contributed by atoms with van der Waals surface area (Å²) in [6.45, 7) is 6.01. The number of imidazole rings is 1. The molecule has 1 atom stereocenters. The van der Waals surface area contributed by atoms with Crippen LogP contribution in [0.4, 0.5) is 10.5 Å². The lowest BCUT2D eigenvalue weighted by molar-refractivity contribution is -0.128. The Kier molecular flexibility index (Phi) is 8.18. The van der Waals surface area contributed by atoms with Gasteiger partial charge in [0.15, 0.2) is 0 Å². The van der Waals surface area contributed by atoms with Crippen LogP contribution >= 0.6 is 0 Å². The number of fused-ring (bicyclic) bond motifs is 2. The van der Waals surface area contributed by atoms with E-state index in [4.69, 9.17) is 4.98 Å². The van der Waals surface area contributed by atoms with Crippen molar-refractivity contribution in [1.82, 2.24) is 24.3 Å². The number of hydrogen-bond acceptors (Lipinski definition) is 5. The maximum absolute atomic E-state index is 12.7. The Morgan fingerprint density at radius 1 is 0.667 bits per heavy atom. The van der Waals surface area contributed by atoms with Gasteiger partial charge >= 0.3 is 6.03 Å². The summed E-state index contributed by atoms with van der Waals surface area (Å²) in [6.07, 6.45) is 5.60. The zero-order valence-corrected chi connectivity index (χ0v) is 27.3. The standard InChI is InChI=1S/C40H42N6O2/c47-38-36-22-13-25-44(36)39(48)45(38)24-11-10-23-42-26-28-43(29-27-42)34-20-12-21-35-37(34)41-30-46(35)40(31-14-4-1-5-15-31,32-16-6-2-7-17-32)33-18-8-3-9-19-33/h1-9,12,14-21,30,36H,10-11,13,22-29H2. The van der Waals surface area contributed by atoms with Crippen molar-refractivity contribution in [3.8, 4) is 0 Å². The summed E-state index contributed by atoms with van der Waals surface area (Å²) in [5.74, 6) is 0.0104. The molecule has 8 rings (SSSR count). The second-order valence-corrected chi connectivity index (χ2v) is 13.2. The maximum atomic E-state index is 12.7. The van der Waals surface area contributed by atoms with Crippen LogP contribution in [-0.2, 0) is 10.3 Å². The van der Waals surface area contributed by atoms with Gasteiger partial charge < -0.3 is 14.4 Å². The Balaban J connectivity index is 1.01. The molecule has 0 N–H and O–H groups in total. The molecule has 4 heterocycles. The number of carbonyl (C=O) groups is 2. The third-order valence-electron chi connectivity index (χ3n) is 10.6. The van der Waals surface area contributed by atoms with Gasteiger partial charge in [0, 0.05) is 39.3 Å². The molecule has 1 aromatic heterocycles. The van der Waals surface area contributed by atoms with Crippen molar-refractivity contribution in [3.05, 3.63) is 132 Å². The molecule has 4 aromatic carbocycles. The molecule has 48 heavy (non-hydrogen) atoms. The monoisotopic (exact) mass is 638 g/mol. The number of unbranched alkanes of at least 4 members (excludes halogenated alkanes) is 1. The molecule has 0 aliphatic carbocycles. The molecule has 0 spiro atoms. The number of aromatic nitrogens is 2. The normalized spacial score (nSPS) is 18.7. The number of amides is 3. The van der Waals surface area contributed by atoms with Crippen molar-refractivity contribution in [1.29, 1.82) is 0 Å². The summed E-state index contributed by atoms with van der Waals surface area (Å²) < 4.78 is 2.36. The van der Waals surface area contributed by atoms with Gasteiger partial charge in [0.25, 0.3) is 5.91 Å². The lowest BCUT2D eigenvalue weighted by atomic mass is 9.76. The lowest BCUT2D eigenvalue weighted by Gasteiger charge is -2.38. The van der Waals surface area contributed by atoms with Crippen LogP contribution in [0.15, 0.2) is 116 Å². The minimum absolute atomic E-state index is 0.0104. The summed E-state index contributed by atoms with van der Waals surface area (Å²) >= 11 is 0. The van der Waals surface area contributed by atoms with E-state index in [-0.39, 0.29) is 18.0 Å². The fourth-order valence-corrected chi connectivity index (χ4v) is 8.21. The highest BCUT2D eigenvalue weighted by Crippen LogP contribution is 2.43. The number of hydrogen-bond donors (Lipinski definition) is 0. The summed E-state index contributed by atoms with van der Waals surface area (Å²) in [6, 6.07) is 38.6. The van der Waals surface area contributed by atoms with Gasteiger partial charge in [-0.25, -0.2) is 9.78 Å². The van der Waals surface area contributed by atoms with Gasteiger partial charge in [-0.05, 0) is 61.1 Å². The molecule has 8 nitrogen and oxygen atoms in total. The van der Waals surface area contributed by atoms with E-state index < -0.39 is 5.54 Å². The Morgan fingerprint density at radius 3 is 1.88 bits per heavy atom. The molecule has 0 bridgehead atoms. The second-order valence-electron chi connectivity index (χ2n) is 13.2. The fraction of sp³-hybridized carbons (Fsp3) is 0.325. The number of imide groups is 1. The summed E-state index contributed by atoms with van der Waals surface area (Å²) in [5, 5.41) is 0. The largest absolute Gasteiger partial charge is 0.367 e. The summed E-state index contributed by atoms with van der Waals surface area (Å²) in [5.41, 5.74) is 6.20. The number of benzene rings is 4. The predicted molar refractivity (Wildman–Crippen MR) is 189 cm³/mol. The Morgan fingerprint density at radius 2 is 1.27 bits per heavy atom. The van der Waals surface area contributed by atoms with E-state index >= 15 is 0 Å². The van der Waals surface area contributed by atoms with E-state index in [0.29, 0.717) is 6.54 Å². The van der Waals surface area contributed by atoms with Gasteiger partial charge in [-0.1, -0.05) is 97.1 Å². The van der Waals surface area contributed by atoms with Gasteiger partial charge in [-0.15, -0.1) is 0 Å². The second kappa shape index (κ2) is 12.9. The quantitative estimate of drug-likeness (QED) is 0.104. The number of carbonyl (C=O) groups excluding carboxylic acids is 2. The summed E-state index contributed by atoms with van der Waals surface area (Å²) in [7, 11) is 0. The number of urea groups is 1. The minimum Gasteiger partial charge on any atom is -0.367 e. The molecule has 3 aliphatic heterocycles. The first-order chi connectivity index (χ1) is 23.7. The van der Waals surface area contributed by atoms with Crippen LogP contribution in [0.5, 0.6) is 0 Å². The molecule has 3 saturated heterocycles. The zero-order valence-electron chi connectivity index (χ0n) is 27.3. The van der Waals surface area contributed by atoms with E-state index in [1.54, 1.807) is 4.90 Å². The number of rotatable bonds is 10. The molecule has 3 fully saturated rings. The van der Waals surface area contributed by atoms with Gasteiger partial charge in [0.2, 0.25) is 0 Å². The molecule has 5 aromatic rings. The number of nitrogens with zero attached hydrogens (tertiary/aromatic N) is 6. The first kappa shape index (κ1) is 30.4. The molecular formula is C40H42N6O2. The molecular weight excluding hydrogens is 596 g/mol. The Hall–Kier alpha value is -4.95. The topological polar surface area (TPSA) is 64.9 Å². The van der Waals surface area contributed by atoms with Crippen LogP contribution in [-0.4, -0.2) is 88.0 Å². The van der Waals surface area contributed by atoms with Crippen molar-refractivity contribution in [2.45, 2.75) is 37.3 Å².